The van der Waals surface area contributed by atoms with Gasteiger partial charge in [0.2, 0.25) is 0 Å². The van der Waals surface area contributed by atoms with Crippen LogP contribution in [0.4, 0.5) is 0 Å². The van der Waals surface area contributed by atoms with Crippen LogP contribution in [0, 0.1) is 6.92 Å². The minimum atomic E-state index is 0.419. The molecule has 0 spiro atoms. The highest BCUT2D eigenvalue weighted by Crippen LogP contribution is 2.18. The van der Waals surface area contributed by atoms with E-state index in [1.165, 1.54) is 0 Å². The van der Waals surface area contributed by atoms with Crippen LogP contribution in [0.15, 0.2) is 6.20 Å². The fourth-order valence-corrected chi connectivity index (χ4v) is 1.89. The minimum Gasteiger partial charge on any atom is -0.315 e. The lowest BCUT2D eigenvalue weighted by molar-refractivity contribution is 0.394. The molecule has 0 radical (unpaired) electrons. The van der Waals surface area contributed by atoms with Gasteiger partial charge in [-0.15, -0.1) is 0 Å². The van der Waals surface area contributed by atoms with Crippen molar-refractivity contribution in [1.82, 2.24) is 15.1 Å². The zero-order valence-corrected chi connectivity index (χ0v) is 11.2. The molecule has 1 N–H and O–H groups in total. The predicted octanol–water partition coefficient (Wildman–Crippen LogP) is 3.19. The molecule has 1 aromatic heterocycles. The molecule has 4 heteroatoms. The monoisotopic (exact) mass is 243 g/mol. The van der Waals surface area contributed by atoms with E-state index in [0.29, 0.717) is 6.04 Å². The highest BCUT2D eigenvalue weighted by atomic mass is 35.5. The Kier molecular flexibility index (Phi) is 5.85. The van der Waals surface area contributed by atoms with Gasteiger partial charge in [-0.25, -0.2) is 0 Å². The molecule has 0 aromatic carbocycles. The summed E-state index contributed by atoms with van der Waals surface area (Å²) >= 11 is 6.03. The van der Waals surface area contributed by atoms with Crippen LogP contribution in [0.5, 0.6) is 0 Å². The van der Waals surface area contributed by atoms with E-state index >= 15 is 0 Å². The number of rotatable bonds is 7. The van der Waals surface area contributed by atoms with Crippen molar-refractivity contribution >= 4 is 11.6 Å². The molecule has 0 saturated heterocycles. The Bertz CT molecular complexity index is 290. The minimum absolute atomic E-state index is 0.419. The number of halogens is 1. The zero-order valence-electron chi connectivity index (χ0n) is 10.5. The van der Waals surface area contributed by atoms with Gasteiger partial charge in [-0.3, -0.25) is 4.68 Å². The molecule has 1 heterocycles. The van der Waals surface area contributed by atoms with E-state index in [9.17, 15) is 0 Å². The quantitative estimate of drug-likeness (QED) is 0.746. The van der Waals surface area contributed by atoms with Gasteiger partial charge in [0.05, 0.1) is 16.8 Å². The van der Waals surface area contributed by atoms with Crippen LogP contribution in [0.25, 0.3) is 0 Å². The van der Waals surface area contributed by atoms with E-state index in [2.05, 4.69) is 24.3 Å². The lowest BCUT2D eigenvalue weighted by Gasteiger charge is -2.17. The molecule has 1 aromatic rings. The molecule has 1 unspecified atom stereocenters. The van der Waals surface area contributed by atoms with Gasteiger partial charge in [-0.05, 0) is 26.3 Å². The van der Waals surface area contributed by atoms with Crippen LogP contribution in [0.1, 0.15) is 44.8 Å². The first-order valence-corrected chi connectivity index (χ1v) is 6.48. The summed E-state index contributed by atoms with van der Waals surface area (Å²) in [6.07, 6.45) is 5.39. The Morgan fingerprint density at radius 1 is 1.44 bits per heavy atom. The van der Waals surface area contributed by atoms with Gasteiger partial charge >= 0.3 is 0 Å². The van der Waals surface area contributed by atoms with Gasteiger partial charge in [0.15, 0.2) is 0 Å². The van der Waals surface area contributed by atoms with Crippen LogP contribution in [0.2, 0.25) is 5.02 Å². The summed E-state index contributed by atoms with van der Waals surface area (Å²) < 4.78 is 2.00. The third-order valence-corrected chi connectivity index (χ3v) is 3.03. The van der Waals surface area contributed by atoms with Gasteiger partial charge in [0, 0.05) is 12.7 Å². The molecule has 1 rings (SSSR count). The Hall–Kier alpha value is -0.540. The zero-order chi connectivity index (χ0) is 12.0. The number of hydrogen-bond acceptors (Lipinski definition) is 2. The van der Waals surface area contributed by atoms with Crippen molar-refractivity contribution in [3.8, 4) is 0 Å². The molecule has 3 nitrogen and oxygen atoms in total. The van der Waals surface area contributed by atoms with Gasteiger partial charge in [-0.2, -0.15) is 5.10 Å². The second-order valence-electron chi connectivity index (χ2n) is 4.19. The fraction of sp³-hybridized carbons (Fsp3) is 0.750. The molecule has 0 aliphatic carbocycles. The number of nitrogens with zero attached hydrogens (tertiary/aromatic N) is 2. The van der Waals surface area contributed by atoms with Crippen LogP contribution in [-0.4, -0.2) is 22.9 Å². The van der Waals surface area contributed by atoms with E-state index in [0.717, 1.165) is 43.1 Å². The first-order chi connectivity index (χ1) is 7.69. The standard InChI is InChI=1S/C12H22ClN3/c1-4-6-11(8-14-7-5-2)16-9-12(13)10(3)15-16/h9,11,14H,4-8H2,1-3H3. The molecule has 0 aliphatic rings. The number of aromatic nitrogens is 2. The van der Waals surface area contributed by atoms with E-state index in [-0.39, 0.29) is 0 Å². The largest absolute Gasteiger partial charge is 0.315 e. The van der Waals surface area contributed by atoms with Crippen LogP contribution in [0.3, 0.4) is 0 Å². The summed E-state index contributed by atoms with van der Waals surface area (Å²) in [5.41, 5.74) is 0.915. The Morgan fingerprint density at radius 2 is 2.19 bits per heavy atom. The van der Waals surface area contributed by atoms with Gasteiger partial charge < -0.3 is 5.32 Å². The molecule has 0 aliphatic heterocycles. The average molecular weight is 244 g/mol. The third-order valence-electron chi connectivity index (χ3n) is 2.66. The van der Waals surface area contributed by atoms with Crippen molar-refractivity contribution in [2.75, 3.05) is 13.1 Å². The van der Waals surface area contributed by atoms with E-state index < -0.39 is 0 Å². The number of nitrogens with one attached hydrogen (secondary N) is 1. The lowest BCUT2D eigenvalue weighted by Crippen LogP contribution is -2.26. The first kappa shape index (κ1) is 13.5. The second kappa shape index (κ2) is 6.92. The molecular weight excluding hydrogens is 222 g/mol. The molecule has 92 valence electrons. The number of aryl methyl sites for hydroxylation is 1. The summed E-state index contributed by atoms with van der Waals surface area (Å²) in [7, 11) is 0. The van der Waals surface area contributed by atoms with Crippen LogP contribution >= 0.6 is 11.6 Å². The van der Waals surface area contributed by atoms with E-state index in [4.69, 9.17) is 11.6 Å². The molecule has 0 saturated carbocycles. The fourth-order valence-electron chi connectivity index (χ4n) is 1.75. The summed E-state index contributed by atoms with van der Waals surface area (Å²) in [5, 5.41) is 8.66. The summed E-state index contributed by atoms with van der Waals surface area (Å²) in [6, 6.07) is 0.419. The first-order valence-electron chi connectivity index (χ1n) is 6.11. The van der Waals surface area contributed by atoms with E-state index in [1.807, 2.05) is 17.8 Å². The lowest BCUT2D eigenvalue weighted by atomic mass is 10.1. The summed E-state index contributed by atoms with van der Waals surface area (Å²) in [6.45, 7) is 8.36. The maximum absolute atomic E-state index is 6.03. The maximum atomic E-state index is 6.03. The Morgan fingerprint density at radius 3 is 2.69 bits per heavy atom. The smallest absolute Gasteiger partial charge is 0.0815 e. The molecule has 0 fully saturated rings. The van der Waals surface area contributed by atoms with Crippen molar-refractivity contribution in [2.45, 2.75) is 46.1 Å². The van der Waals surface area contributed by atoms with Crippen molar-refractivity contribution < 1.29 is 0 Å². The van der Waals surface area contributed by atoms with Crippen molar-refractivity contribution in [3.63, 3.8) is 0 Å². The third kappa shape index (κ3) is 3.80. The highest BCUT2D eigenvalue weighted by Gasteiger charge is 2.12. The maximum Gasteiger partial charge on any atom is 0.0815 e. The van der Waals surface area contributed by atoms with Gasteiger partial charge in [-0.1, -0.05) is 31.9 Å². The van der Waals surface area contributed by atoms with Crippen molar-refractivity contribution in [2.24, 2.45) is 0 Å². The van der Waals surface area contributed by atoms with E-state index in [1.54, 1.807) is 0 Å². The Labute approximate surface area is 103 Å². The molecule has 16 heavy (non-hydrogen) atoms. The van der Waals surface area contributed by atoms with Gasteiger partial charge in [0.1, 0.15) is 0 Å². The molecule has 1 atom stereocenters. The van der Waals surface area contributed by atoms with Crippen LogP contribution in [-0.2, 0) is 0 Å². The van der Waals surface area contributed by atoms with Crippen molar-refractivity contribution in [3.05, 3.63) is 16.9 Å². The SMILES string of the molecule is CCCNCC(CCC)n1cc(Cl)c(C)n1. The summed E-state index contributed by atoms with van der Waals surface area (Å²) in [4.78, 5) is 0. The topological polar surface area (TPSA) is 29.9 Å². The highest BCUT2D eigenvalue weighted by molar-refractivity contribution is 6.31. The number of hydrogen-bond donors (Lipinski definition) is 1. The molecule has 0 amide bonds. The average Bonchev–Trinajstić information content (AvgIpc) is 2.58. The Balaban J connectivity index is 2.61. The van der Waals surface area contributed by atoms with Crippen molar-refractivity contribution in [1.29, 1.82) is 0 Å². The molecule has 0 bridgehead atoms. The summed E-state index contributed by atoms with van der Waals surface area (Å²) in [5.74, 6) is 0. The second-order valence-corrected chi connectivity index (χ2v) is 4.60. The van der Waals surface area contributed by atoms with Crippen LogP contribution < -0.4 is 5.32 Å². The normalized spacial score (nSPS) is 13.0. The molecular formula is C12H22ClN3. The predicted molar refractivity (Wildman–Crippen MR) is 69.1 cm³/mol. The van der Waals surface area contributed by atoms with Gasteiger partial charge in [0.25, 0.3) is 0 Å².